The van der Waals surface area contributed by atoms with E-state index >= 15 is 0 Å². The van der Waals surface area contributed by atoms with Crippen LogP contribution in [0.1, 0.15) is 24.2 Å². The van der Waals surface area contributed by atoms with E-state index in [9.17, 15) is 13.2 Å². The van der Waals surface area contributed by atoms with Crippen LogP contribution in [-0.4, -0.2) is 38.5 Å². The largest absolute Gasteiger partial charge is 0.478 e. The maximum absolute atomic E-state index is 12.0. The van der Waals surface area contributed by atoms with Gasteiger partial charge in [0.05, 0.1) is 17.4 Å². The molecule has 112 valence electrons. The third-order valence-corrected chi connectivity index (χ3v) is 4.15. The van der Waals surface area contributed by atoms with Crippen molar-refractivity contribution in [3.63, 3.8) is 0 Å². The standard InChI is InChI=1S/C13H19NO5S/c1-9(2)12(19-3)8-20(17,18)14-11-6-4-10(5-7-11)13(15)16/h4-7,9,12,14H,8H2,1-3H3,(H,15,16). The fourth-order valence-corrected chi connectivity index (χ4v) is 3.18. The quantitative estimate of drug-likeness (QED) is 0.801. The zero-order valence-corrected chi connectivity index (χ0v) is 12.5. The van der Waals surface area contributed by atoms with Crippen LogP contribution in [-0.2, 0) is 14.8 Å². The molecule has 1 aromatic rings. The molecule has 0 aliphatic carbocycles. The van der Waals surface area contributed by atoms with Gasteiger partial charge < -0.3 is 9.84 Å². The smallest absolute Gasteiger partial charge is 0.335 e. The topological polar surface area (TPSA) is 92.7 Å². The summed E-state index contributed by atoms with van der Waals surface area (Å²) in [4.78, 5) is 10.7. The lowest BCUT2D eigenvalue weighted by atomic mass is 10.1. The van der Waals surface area contributed by atoms with Crippen LogP contribution in [0.4, 0.5) is 5.69 Å². The van der Waals surface area contributed by atoms with Gasteiger partial charge in [0.25, 0.3) is 0 Å². The SMILES string of the molecule is COC(CS(=O)(=O)Nc1ccc(C(=O)O)cc1)C(C)C. The van der Waals surface area contributed by atoms with E-state index in [-0.39, 0.29) is 17.2 Å². The molecule has 1 unspecified atom stereocenters. The minimum absolute atomic E-state index is 0.0750. The average molecular weight is 301 g/mol. The summed E-state index contributed by atoms with van der Waals surface area (Å²) < 4.78 is 31.5. The Morgan fingerprint density at radius 2 is 1.85 bits per heavy atom. The fourth-order valence-electron chi connectivity index (χ4n) is 1.65. The molecule has 0 heterocycles. The molecule has 1 atom stereocenters. The second-order valence-corrected chi connectivity index (χ2v) is 6.55. The van der Waals surface area contributed by atoms with Crippen LogP contribution < -0.4 is 4.72 Å². The number of rotatable bonds is 7. The molecule has 0 aromatic heterocycles. The molecule has 0 fully saturated rings. The Kier molecular flexibility index (Phi) is 5.52. The normalized spacial score (nSPS) is 13.2. The third kappa shape index (κ3) is 4.82. The zero-order valence-electron chi connectivity index (χ0n) is 11.7. The highest BCUT2D eigenvalue weighted by molar-refractivity contribution is 7.92. The Balaban J connectivity index is 2.78. The molecule has 20 heavy (non-hydrogen) atoms. The number of hydrogen-bond donors (Lipinski definition) is 2. The molecular formula is C13H19NO5S. The molecule has 0 bridgehead atoms. The fraction of sp³-hybridized carbons (Fsp3) is 0.462. The molecule has 0 amide bonds. The van der Waals surface area contributed by atoms with Crippen molar-refractivity contribution < 1.29 is 23.1 Å². The van der Waals surface area contributed by atoms with E-state index in [0.29, 0.717) is 5.69 Å². The van der Waals surface area contributed by atoms with Crippen LogP contribution in [0.3, 0.4) is 0 Å². The first-order valence-electron chi connectivity index (χ1n) is 6.12. The van der Waals surface area contributed by atoms with Gasteiger partial charge in [-0.05, 0) is 30.2 Å². The highest BCUT2D eigenvalue weighted by atomic mass is 32.2. The van der Waals surface area contributed by atoms with Crippen molar-refractivity contribution in [3.8, 4) is 0 Å². The van der Waals surface area contributed by atoms with E-state index in [1.165, 1.54) is 31.4 Å². The number of ether oxygens (including phenoxy) is 1. The van der Waals surface area contributed by atoms with Gasteiger partial charge in [-0.25, -0.2) is 13.2 Å². The van der Waals surface area contributed by atoms with Crippen molar-refractivity contribution in [2.24, 2.45) is 5.92 Å². The number of anilines is 1. The van der Waals surface area contributed by atoms with Gasteiger partial charge in [0.2, 0.25) is 10.0 Å². The van der Waals surface area contributed by atoms with Crippen LogP contribution in [0.25, 0.3) is 0 Å². The van der Waals surface area contributed by atoms with Crippen molar-refractivity contribution in [3.05, 3.63) is 29.8 Å². The molecule has 0 saturated heterocycles. The van der Waals surface area contributed by atoms with Crippen LogP contribution >= 0.6 is 0 Å². The lowest BCUT2D eigenvalue weighted by molar-refractivity contribution is 0.0697. The van der Waals surface area contributed by atoms with E-state index < -0.39 is 22.1 Å². The minimum atomic E-state index is -3.55. The predicted octanol–water partition coefficient (Wildman–Crippen LogP) is 1.80. The molecule has 7 heteroatoms. The number of hydrogen-bond acceptors (Lipinski definition) is 4. The Hall–Kier alpha value is -1.60. The summed E-state index contributed by atoms with van der Waals surface area (Å²) >= 11 is 0. The molecule has 1 aromatic carbocycles. The average Bonchev–Trinajstić information content (AvgIpc) is 2.35. The monoisotopic (exact) mass is 301 g/mol. The van der Waals surface area contributed by atoms with Crippen molar-refractivity contribution in [1.29, 1.82) is 0 Å². The Morgan fingerprint density at radius 3 is 2.25 bits per heavy atom. The lowest BCUT2D eigenvalue weighted by Crippen LogP contribution is -2.31. The Bertz CT molecular complexity index is 551. The van der Waals surface area contributed by atoms with Crippen LogP contribution in [0, 0.1) is 5.92 Å². The van der Waals surface area contributed by atoms with E-state index in [2.05, 4.69) is 4.72 Å². The van der Waals surface area contributed by atoms with Crippen LogP contribution in [0.5, 0.6) is 0 Å². The van der Waals surface area contributed by atoms with Gasteiger partial charge in [-0.1, -0.05) is 13.8 Å². The summed E-state index contributed by atoms with van der Waals surface area (Å²) in [6.45, 7) is 3.76. The summed E-state index contributed by atoms with van der Waals surface area (Å²) in [7, 11) is -2.07. The molecule has 0 saturated carbocycles. The van der Waals surface area contributed by atoms with Crippen molar-refractivity contribution in [2.75, 3.05) is 17.6 Å². The predicted molar refractivity (Wildman–Crippen MR) is 76.4 cm³/mol. The van der Waals surface area contributed by atoms with Crippen LogP contribution in [0.15, 0.2) is 24.3 Å². The number of benzene rings is 1. The van der Waals surface area contributed by atoms with Gasteiger partial charge in [-0.15, -0.1) is 0 Å². The van der Waals surface area contributed by atoms with Gasteiger partial charge in [0.15, 0.2) is 0 Å². The molecule has 0 aliphatic heterocycles. The molecule has 0 radical (unpaired) electrons. The van der Waals surface area contributed by atoms with Gasteiger partial charge in [-0.2, -0.15) is 0 Å². The summed E-state index contributed by atoms with van der Waals surface area (Å²) in [5.74, 6) is -1.13. The maximum Gasteiger partial charge on any atom is 0.335 e. The number of nitrogens with one attached hydrogen (secondary N) is 1. The van der Waals surface area contributed by atoms with E-state index in [4.69, 9.17) is 9.84 Å². The third-order valence-electron chi connectivity index (χ3n) is 2.84. The number of carbonyl (C=O) groups is 1. The number of methoxy groups -OCH3 is 1. The molecule has 1 rings (SSSR count). The highest BCUT2D eigenvalue weighted by Gasteiger charge is 2.21. The molecule has 2 N–H and O–H groups in total. The van der Waals surface area contributed by atoms with E-state index in [0.717, 1.165) is 0 Å². The first-order chi connectivity index (χ1) is 9.25. The number of sulfonamides is 1. The zero-order chi connectivity index (χ0) is 15.3. The number of carboxylic acids is 1. The van der Waals surface area contributed by atoms with Crippen molar-refractivity contribution >= 4 is 21.7 Å². The number of aromatic carboxylic acids is 1. The van der Waals surface area contributed by atoms with Crippen molar-refractivity contribution in [1.82, 2.24) is 0 Å². The first kappa shape index (κ1) is 16.5. The number of carboxylic acid groups (broad SMARTS) is 1. The summed E-state index contributed by atoms with van der Waals surface area (Å²) in [6.07, 6.45) is -0.397. The van der Waals surface area contributed by atoms with Gasteiger partial charge >= 0.3 is 5.97 Å². The molecule has 0 spiro atoms. The Labute approximate surface area is 118 Å². The summed E-state index contributed by atoms with van der Waals surface area (Å²) in [5.41, 5.74) is 0.429. The lowest BCUT2D eigenvalue weighted by Gasteiger charge is -2.19. The van der Waals surface area contributed by atoms with Crippen molar-refractivity contribution in [2.45, 2.75) is 20.0 Å². The second kappa shape index (κ2) is 6.71. The molecular weight excluding hydrogens is 282 g/mol. The van der Waals surface area contributed by atoms with Gasteiger partial charge in [0, 0.05) is 12.8 Å². The second-order valence-electron chi connectivity index (χ2n) is 4.78. The summed E-state index contributed by atoms with van der Waals surface area (Å²) in [5, 5.41) is 8.77. The highest BCUT2D eigenvalue weighted by Crippen LogP contribution is 2.14. The van der Waals surface area contributed by atoms with Crippen LogP contribution in [0.2, 0.25) is 0 Å². The minimum Gasteiger partial charge on any atom is -0.478 e. The maximum atomic E-state index is 12.0. The van der Waals surface area contributed by atoms with E-state index in [1.807, 2.05) is 13.8 Å². The first-order valence-corrected chi connectivity index (χ1v) is 7.77. The van der Waals surface area contributed by atoms with Gasteiger partial charge in [-0.3, -0.25) is 4.72 Å². The molecule has 0 aliphatic rings. The van der Waals surface area contributed by atoms with E-state index in [1.54, 1.807) is 0 Å². The Morgan fingerprint density at radius 1 is 1.30 bits per heavy atom. The summed E-state index contributed by atoms with van der Waals surface area (Å²) in [6, 6.07) is 5.52. The molecule has 6 nitrogen and oxygen atoms in total. The van der Waals surface area contributed by atoms with Gasteiger partial charge in [0.1, 0.15) is 0 Å².